The number of unbranched alkanes of at least 4 members (excludes halogenated alkanes) is 1. The lowest BCUT2D eigenvalue weighted by Crippen LogP contribution is -1.95. The molecule has 0 aliphatic carbocycles. The van der Waals surface area contributed by atoms with E-state index in [-0.39, 0.29) is 0 Å². The van der Waals surface area contributed by atoms with E-state index in [1.165, 1.54) is 34.5 Å². The molecule has 0 unspecified atom stereocenters. The first-order valence-electron chi connectivity index (χ1n) is 11.1. The Morgan fingerprint density at radius 2 is 1.72 bits per heavy atom. The van der Waals surface area contributed by atoms with Gasteiger partial charge in [-0.05, 0) is 59.0 Å². The van der Waals surface area contributed by atoms with E-state index < -0.39 is 0 Å². The predicted molar refractivity (Wildman–Crippen MR) is 126 cm³/mol. The highest BCUT2D eigenvalue weighted by Crippen LogP contribution is 2.30. The van der Waals surface area contributed by atoms with Crippen molar-refractivity contribution in [2.75, 3.05) is 0 Å². The van der Waals surface area contributed by atoms with Gasteiger partial charge in [0.05, 0.1) is 11.2 Å². The quantitative estimate of drug-likeness (QED) is 0.380. The van der Waals surface area contributed by atoms with E-state index in [9.17, 15) is 0 Å². The van der Waals surface area contributed by atoms with Gasteiger partial charge < -0.3 is 0 Å². The van der Waals surface area contributed by atoms with Crippen molar-refractivity contribution in [2.24, 2.45) is 0 Å². The van der Waals surface area contributed by atoms with E-state index in [4.69, 9.17) is 5.10 Å². The number of nitrogens with zero attached hydrogens (tertiary/aromatic N) is 5. The molecule has 0 saturated carbocycles. The summed E-state index contributed by atoms with van der Waals surface area (Å²) in [6.45, 7) is 4.34. The topological polar surface area (TPSA) is 71.8 Å². The van der Waals surface area contributed by atoms with Crippen molar-refractivity contribution in [3.05, 3.63) is 89.2 Å². The van der Waals surface area contributed by atoms with Crippen LogP contribution < -0.4 is 0 Å². The van der Waals surface area contributed by atoms with Crippen molar-refractivity contribution in [1.82, 2.24) is 30.2 Å². The van der Waals surface area contributed by atoms with Crippen molar-refractivity contribution in [3.8, 4) is 22.5 Å². The Bertz CT molecular complexity index is 1330. The molecule has 0 fully saturated rings. The van der Waals surface area contributed by atoms with Gasteiger partial charge in [0.2, 0.25) is 0 Å². The molecule has 0 spiro atoms. The molecular weight excluding hydrogens is 396 g/mol. The van der Waals surface area contributed by atoms with Crippen LogP contribution in [-0.4, -0.2) is 30.2 Å². The number of aryl methyl sites for hydroxylation is 2. The van der Waals surface area contributed by atoms with Crippen LogP contribution in [0.2, 0.25) is 0 Å². The second-order valence-corrected chi connectivity index (χ2v) is 8.16. The van der Waals surface area contributed by atoms with Gasteiger partial charge in [0.15, 0.2) is 5.82 Å². The maximum Gasteiger partial charge on any atom is 0.180 e. The smallest absolute Gasteiger partial charge is 0.180 e. The molecule has 0 aliphatic rings. The molecule has 0 radical (unpaired) electrons. The average molecular weight is 423 g/mol. The van der Waals surface area contributed by atoms with E-state index in [1.807, 2.05) is 18.2 Å². The van der Waals surface area contributed by atoms with Gasteiger partial charge in [-0.3, -0.25) is 0 Å². The Morgan fingerprint density at radius 1 is 0.906 bits per heavy atom. The summed E-state index contributed by atoms with van der Waals surface area (Å²) < 4.78 is 2.09. The second-order valence-electron chi connectivity index (χ2n) is 8.16. The van der Waals surface area contributed by atoms with Gasteiger partial charge >= 0.3 is 0 Å². The minimum Gasteiger partial charge on any atom is -0.239 e. The number of benzene rings is 2. The van der Waals surface area contributed by atoms with Crippen LogP contribution in [-0.2, 0) is 12.8 Å². The van der Waals surface area contributed by atoms with Gasteiger partial charge in [-0.15, -0.1) is 5.10 Å². The van der Waals surface area contributed by atoms with Gasteiger partial charge in [0.1, 0.15) is 0 Å². The standard InChI is InChI=1S/C26H26N6/c1-3-4-11-24-23(25-12-7-8-18(2)32(25)29-24)17-19-13-15-20(16-14-19)21-9-5-6-10-22(21)26-27-30-31-28-26/h5-10,12-16H,3-4,11,17H2,1-2H3,(H,27,28,30,31). The third-order valence-electron chi connectivity index (χ3n) is 5.97. The Kier molecular flexibility index (Phi) is 5.50. The Balaban J connectivity index is 1.48. The molecule has 0 amide bonds. The van der Waals surface area contributed by atoms with Crippen LogP contribution in [0.4, 0.5) is 0 Å². The molecule has 1 N–H and O–H groups in total. The average Bonchev–Trinajstić information content (AvgIpc) is 3.48. The van der Waals surface area contributed by atoms with Gasteiger partial charge in [0, 0.05) is 23.2 Å². The van der Waals surface area contributed by atoms with E-state index in [0.29, 0.717) is 5.82 Å². The number of aromatic nitrogens is 6. The highest BCUT2D eigenvalue weighted by Gasteiger charge is 2.15. The fourth-order valence-corrected chi connectivity index (χ4v) is 4.26. The Hall–Kier alpha value is -3.80. The molecule has 32 heavy (non-hydrogen) atoms. The summed E-state index contributed by atoms with van der Waals surface area (Å²) >= 11 is 0. The maximum absolute atomic E-state index is 4.95. The number of hydrogen-bond acceptors (Lipinski definition) is 4. The number of nitrogens with one attached hydrogen (secondary N) is 1. The third kappa shape index (κ3) is 3.80. The number of fused-ring (bicyclic) bond motifs is 1. The highest BCUT2D eigenvalue weighted by molar-refractivity contribution is 5.80. The Morgan fingerprint density at radius 3 is 2.47 bits per heavy atom. The molecule has 3 aromatic heterocycles. The summed E-state index contributed by atoms with van der Waals surface area (Å²) in [5.74, 6) is 0.673. The molecule has 6 heteroatoms. The maximum atomic E-state index is 4.95. The van der Waals surface area contributed by atoms with Crippen molar-refractivity contribution in [3.63, 3.8) is 0 Å². The summed E-state index contributed by atoms with van der Waals surface area (Å²) in [5, 5.41) is 19.3. The molecule has 0 aliphatic heterocycles. The largest absolute Gasteiger partial charge is 0.239 e. The fourth-order valence-electron chi connectivity index (χ4n) is 4.26. The third-order valence-corrected chi connectivity index (χ3v) is 5.97. The Labute approximate surface area is 187 Å². The van der Waals surface area contributed by atoms with Crippen LogP contribution in [0, 0.1) is 6.92 Å². The second kappa shape index (κ2) is 8.75. The number of aromatic amines is 1. The minimum absolute atomic E-state index is 0.673. The van der Waals surface area contributed by atoms with Crippen LogP contribution in [0.15, 0.2) is 66.7 Å². The monoisotopic (exact) mass is 422 g/mol. The van der Waals surface area contributed by atoms with Crippen LogP contribution in [0.3, 0.4) is 0 Å². The molecule has 6 nitrogen and oxygen atoms in total. The normalized spacial score (nSPS) is 11.3. The van der Waals surface area contributed by atoms with Gasteiger partial charge in [-0.2, -0.15) is 5.10 Å². The molecule has 0 atom stereocenters. The molecule has 2 aromatic carbocycles. The first-order chi connectivity index (χ1) is 15.7. The highest BCUT2D eigenvalue weighted by atomic mass is 15.5. The lowest BCUT2D eigenvalue weighted by molar-refractivity contribution is 0.753. The van der Waals surface area contributed by atoms with E-state index in [0.717, 1.165) is 36.0 Å². The number of rotatable bonds is 7. The van der Waals surface area contributed by atoms with Crippen LogP contribution >= 0.6 is 0 Å². The lowest BCUT2D eigenvalue weighted by Gasteiger charge is -2.09. The summed E-state index contributed by atoms with van der Waals surface area (Å²) in [6, 6.07) is 23.4. The van der Waals surface area contributed by atoms with E-state index in [1.54, 1.807) is 0 Å². The van der Waals surface area contributed by atoms with E-state index >= 15 is 0 Å². The van der Waals surface area contributed by atoms with Gasteiger partial charge in [0.25, 0.3) is 0 Å². The predicted octanol–water partition coefficient (Wildman–Crippen LogP) is 5.42. The summed E-state index contributed by atoms with van der Waals surface area (Å²) in [7, 11) is 0. The SMILES string of the molecule is CCCCc1nn2c(C)cccc2c1Cc1ccc(-c2ccccc2-c2nnn[nH]2)cc1. The number of hydrogen-bond donors (Lipinski definition) is 1. The van der Waals surface area contributed by atoms with Crippen molar-refractivity contribution in [1.29, 1.82) is 0 Å². The number of H-pyrrole nitrogens is 1. The first-order valence-corrected chi connectivity index (χ1v) is 11.1. The number of tetrazole rings is 1. The van der Waals surface area contributed by atoms with Gasteiger partial charge in [-0.1, -0.05) is 67.9 Å². The zero-order chi connectivity index (χ0) is 21.9. The zero-order valence-electron chi connectivity index (χ0n) is 18.4. The number of pyridine rings is 1. The van der Waals surface area contributed by atoms with Crippen molar-refractivity contribution in [2.45, 2.75) is 39.5 Å². The van der Waals surface area contributed by atoms with Crippen molar-refractivity contribution >= 4 is 5.52 Å². The molecule has 0 bridgehead atoms. The fraction of sp³-hybridized carbons (Fsp3) is 0.231. The van der Waals surface area contributed by atoms with Crippen molar-refractivity contribution < 1.29 is 0 Å². The molecule has 3 heterocycles. The molecular formula is C26H26N6. The van der Waals surface area contributed by atoms with Crippen LogP contribution in [0.5, 0.6) is 0 Å². The first kappa shape index (κ1) is 20.1. The molecule has 5 aromatic rings. The van der Waals surface area contributed by atoms with Crippen LogP contribution in [0.25, 0.3) is 28.0 Å². The molecule has 0 saturated heterocycles. The molecule has 160 valence electrons. The molecule has 5 rings (SSSR count). The summed E-state index contributed by atoms with van der Waals surface area (Å²) in [6.07, 6.45) is 4.22. The summed E-state index contributed by atoms with van der Waals surface area (Å²) in [4.78, 5) is 0. The zero-order valence-corrected chi connectivity index (χ0v) is 18.4. The van der Waals surface area contributed by atoms with Gasteiger partial charge in [-0.25, -0.2) is 9.61 Å². The summed E-state index contributed by atoms with van der Waals surface area (Å²) in [5.41, 5.74) is 9.45. The minimum atomic E-state index is 0.673. The lowest BCUT2D eigenvalue weighted by atomic mass is 9.96. The van der Waals surface area contributed by atoms with E-state index in [2.05, 4.69) is 87.5 Å². The van der Waals surface area contributed by atoms with Crippen LogP contribution in [0.1, 0.15) is 42.3 Å².